The first-order chi connectivity index (χ1) is 17.0. The largest absolute Gasteiger partial charge is 0.385 e. The van der Waals surface area contributed by atoms with Crippen molar-refractivity contribution in [2.75, 3.05) is 30.9 Å². The zero-order valence-corrected chi connectivity index (χ0v) is 19.3. The predicted octanol–water partition coefficient (Wildman–Crippen LogP) is 2.04. The van der Waals surface area contributed by atoms with Crippen LogP contribution >= 0.6 is 0 Å². The summed E-state index contributed by atoms with van der Waals surface area (Å²) in [5, 5.41) is 0. The van der Waals surface area contributed by atoms with E-state index >= 15 is 0 Å². The summed E-state index contributed by atoms with van der Waals surface area (Å²) in [6, 6.07) is 16.2. The Balaban J connectivity index is 1.73. The van der Waals surface area contributed by atoms with Crippen LogP contribution in [-0.2, 0) is 11.3 Å². The van der Waals surface area contributed by atoms with Gasteiger partial charge in [0.2, 0.25) is 0 Å². The molecule has 4 rings (SSSR count). The molecule has 0 saturated carbocycles. The normalized spacial score (nSPS) is 10.9. The molecule has 10 heteroatoms. The molecule has 180 valence electrons. The van der Waals surface area contributed by atoms with Crippen molar-refractivity contribution < 1.29 is 9.53 Å². The van der Waals surface area contributed by atoms with Crippen LogP contribution in [0.3, 0.4) is 0 Å². The van der Waals surface area contributed by atoms with E-state index in [0.29, 0.717) is 18.6 Å². The average molecular weight is 475 g/mol. The summed E-state index contributed by atoms with van der Waals surface area (Å²) in [6.07, 6.45) is 5.58. The molecule has 1 amide bonds. The molecule has 0 unspecified atom stereocenters. The van der Waals surface area contributed by atoms with Crippen molar-refractivity contribution in [3.05, 3.63) is 105 Å². The number of nitrogens with zero attached hydrogens (tertiary/aromatic N) is 4. The Morgan fingerprint density at radius 2 is 1.86 bits per heavy atom. The van der Waals surface area contributed by atoms with Crippen molar-refractivity contribution in [3.63, 3.8) is 0 Å². The number of rotatable bonds is 9. The van der Waals surface area contributed by atoms with Crippen LogP contribution < -0.4 is 21.9 Å². The van der Waals surface area contributed by atoms with E-state index in [4.69, 9.17) is 10.5 Å². The Kier molecular flexibility index (Phi) is 7.22. The van der Waals surface area contributed by atoms with Crippen LogP contribution in [0.15, 0.2) is 82.9 Å². The number of aromatic nitrogens is 4. The molecule has 10 nitrogen and oxygen atoms in total. The second kappa shape index (κ2) is 10.7. The first-order valence-electron chi connectivity index (χ1n) is 11.1. The highest BCUT2D eigenvalue weighted by Gasteiger charge is 2.25. The molecule has 0 fully saturated rings. The summed E-state index contributed by atoms with van der Waals surface area (Å²) in [6.45, 7) is 0.701. The molecule has 2 aromatic carbocycles. The maximum Gasteiger partial charge on any atom is 0.330 e. The fourth-order valence-corrected chi connectivity index (χ4v) is 3.79. The molecule has 2 aromatic heterocycles. The third-order valence-corrected chi connectivity index (χ3v) is 5.56. The highest BCUT2D eigenvalue weighted by Crippen LogP contribution is 2.21. The van der Waals surface area contributed by atoms with Gasteiger partial charge < -0.3 is 19.9 Å². The van der Waals surface area contributed by atoms with Crippen molar-refractivity contribution in [3.8, 4) is 5.69 Å². The fourth-order valence-electron chi connectivity index (χ4n) is 3.79. The van der Waals surface area contributed by atoms with Crippen LogP contribution in [0.5, 0.6) is 0 Å². The molecule has 0 aliphatic rings. The van der Waals surface area contributed by atoms with Crippen LogP contribution in [-0.4, -0.2) is 45.3 Å². The summed E-state index contributed by atoms with van der Waals surface area (Å²) in [5.74, 6) is -0.496. The molecule has 3 N–H and O–H groups in total. The maximum absolute atomic E-state index is 13.6. The summed E-state index contributed by atoms with van der Waals surface area (Å²) in [7, 11) is 1.56. The minimum absolute atomic E-state index is 0.0691. The first kappa shape index (κ1) is 23.7. The van der Waals surface area contributed by atoms with E-state index in [1.165, 1.54) is 9.47 Å². The van der Waals surface area contributed by atoms with E-state index in [0.717, 1.165) is 11.3 Å². The third kappa shape index (κ3) is 5.22. The van der Waals surface area contributed by atoms with Crippen LogP contribution in [0.25, 0.3) is 5.69 Å². The molecule has 35 heavy (non-hydrogen) atoms. The van der Waals surface area contributed by atoms with E-state index in [-0.39, 0.29) is 24.6 Å². The second-order valence-corrected chi connectivity index (χ2v) is 7.88. The first-order valence-corrected chi connectivity index (χ1v) is 11.1. The zero-order chi connectivity index (χ0) is 24.8. The lowest BCUT2D eigenvalue weighted by Crippen LogP contribution is -2.42. The Morgan fingerprint density at radius 3 is 2.51 bits per heavy atom. The molecule has 0 atom stereocenters. The van der Waals surface area contributed by atoms with E-state index < -0.39 is 17.2 Å². The van der Waals surface area contributed by atoms with Gasteiger partial charge in [0.1, 0.15) is 5.82 Å². The number of amides is 1. The van der Waals surface area contributed by atoms with E-state index in [2.05, 4.69) is 9.97 Å². The van der Waals surface area contributed by atoms with Gasteiger partial charge >= 0.3 is 5.69 Å². The molecular weight excluding hydrogens is 448 g/mol. The zero-order valence-electron chi connectivity index (χ0n) is 19.3. The molecule has 0 radical (unpaired) electrons. The lowest BCUT2D eigenvalue weighted by Gasteiger charge is -2.25. The lowest BCUT2D eigenvalue weighted by atomic mass is 10.1. The third-order valence-electron chi connectivity index (χ3n) is 5.56. The lowest BCUT2D eigenvalue weighted by molar-refractivity contribution is 0.0983. The molecular formula is C25H26N6O4. The Morgan fingerprint density at radius 1 is 1.11 bits per heavy atom. The number of hydrogen-bond acceptors (Lipinski definition) is 6. The van der Waals surface area contributed by atoms with E-state index in [1.807, 2.05) is 34.9 Å². The highest BCUT2D eigenvalue weighted by molar-refractivity contribution is 6.07. The average Bonchev–Trinajstić information content (AvgIpc) is 3.41. The topological polar surface area (TPSA) is 128 Å². The number of carbonyl (C=O) groups is 1. The summed E-state index contributed by atoms with van der Waals surface area (Å²) < 4.78 is 8.20. The quantitative estimate of drug-likeness (QED) is 0.357. The number of ether oxygens (including phenoxy) is 1. The van der Waals surface area contributed by atoms with Gasteiger partial charge in [-0.25, -0.2) is 9.78 Å². The smallest absolute Gasteiger partial charge is 0.330 e. The number of anilines is 2. The summed E-state index contributed by atoms with van der Waals surface area (Å²) >= 11 is 0. The van der Waals surface area contributed by atoms with Crippen molar-refractivity contribution in [2.24, 2.45) is 0 Å². The van der Waals surface area contributed by atoms with Gasteiger partial charge in [-0.2, -0.15) is 0 Å². The van der Waals surface area contributed by atoms with E-state index in [9.17, 15) is 14.4 Å². The van der Waals surface area contributed by atoms with Crippen molar-refractivity contribution in [1.29, 1.82) is 0 Å². The monoisotopic (exact) mass is 474 g/mol. The van der Waals surface area contributed by atoms with Crippen LogP contribution in [0.4, 0.5) is 11.5 Å². The van der Waals surface area contributed by atoms with Gasteiger partial charge in [-0.1, -0.05) is 30.3 Å². The maximum atomic E-state index is 13.6. The van der Waals surface area contributed by atoms with Gasteiger partial charge in [-0.15, -0.1) is 0 Å². The molecule has 0 bridgehead atoms. The predicted molar refractivity (Wildman–Crippen MR) is 133 cm³/mol. The Hall–Kier alpha value is -4.44. The summed E-state index contributed by atoms with van der Waals surface area (Å²) in [4.78, 5) is 46.7. The number of nitrogens with two attached hydrogens (primary N) is 1. The van der Waals surface area contributed by atoms with Crippen molar-refractivity contribution in [1.82, 2.24) is 19.1 Å². The van der Waals surface area contributed by atoms with Gasteiger partial charge in [0.15, 0.2) is 5.69 Å². The van der Waals surface area contributed by atoms with Crippen molar-refractivity contribution in [2.45, 2.75) is 13.0 Å². The number of methoxy groups -OCH3 is 1. The number of benzene rings is 2. The molecule has 4 aromatic rings. The number of hydrogen-bond donors (Lipinski definition) is 2. The number of nitrogens with one attached hydrogen (secondary N) is 1. The molecule has 0 aliphatic heterocycles. The minimum Gasteiger partial charge on any atom is -0.385 e. The molecule has 0 aliphatic carbocycles. The number of H-pyrrole nitrogens is 1. The van der Waals surface area contributed by atoms with E-state index in [1.54, 1.807) is 50.1 Å². The SMILES string of the molecule is COCCCN(C(=O)c1ccc(-n2ccnc2)cc1)c1c(N)n(Cc2ccccc2)c(=O)[nH]c1=O. The number of imidazole rings is 1. The Labute approximate surface area is 201 Å². The van der Waals surface area contributed by atoms with Gasteiger partial charge in [0.05, 0.1) is 12.9 Å². The second-order valence-electron chi connectivity index (χ2n) is 7.88. The number of nitrogen functional groups attached to an aromatic ring is 1. The highest BCUT2D eigenvalue weighted by atomic mass is 16.5. The van der Waals surface area contributed by atoms with Crippen LogP contribution in [0.2, 0.25) is 0 Å². The molecule has 0 spiro atoms. The number of aromatic amines is 1. The van der Waals surface area contributed by atoms with Gasteiger partial charge in [-0.3, -0.25) is 19.1 Å². The van der Waals surface area contributed by atoms with Gasteiger partial charge in [0, 0.05) is 43.9 Å². The minimum atomic E-state index is -0.724. The number of carbonyl (C=O) groups excluding carboxylic acids is 1. The fraction of sp³-hybridized carbons (Fsp3) is 0.200. The van der Waals surface area contributed by atoms with Crippen LogP contribution in [0, 0.1) is 0 Å². The van der Waals surface area contributed by atoms with Crippen LogP contribution in [0.1, 0.15) is 22.3 Å². The Bertz CT molecular complexity index is 1390. The molecule has 2 heterocycles. The molecule has 0 saturated heterocycles. The summed E-state index contributed by atoms with van der Waals surface area (Å²) in [5.41, 5.74) is 6.94. The van der Waals surface area contributed by atoms with Crippen molar-refractivity contribution >= 4 is 17.4 Å². The van der Waals surface area contributed by atoms with Gasteiger partial charge in [-0.05, 0) is 36.2 Å². The standard InChI is InChI=1S/C25H26N6O4/c1-35-15-5-13-30(24(33)19-8-10-20(11-9-19)29-14-12-27-17-29)21-22(26)31(25(34)28-23(21)32)16-18-6-3-2-4-7-18/h2-4,6-12,14,17H,5,13,15-16,26H2,1H3,(H,28,32,34). The van der Waals surface area contributed by atoms with Gasteiger partial charge in [0.25, 0.3) is 11.5 Å².